The van der Waals surface area contributed by atoms with Gasteiger partial charge < -0.3 is 19.9 Å². The summed E-state index contributed by atoms with van der Waals surface area (Å²) in [6.07, 6.45) is 1.03. The van der Waals surface area contributed by atoms with Gasteiger partial charge >= 0.3 is 6.03 Å². The molecule has 7 nitrogen and oxygen atoms in total. The van der Waals surface area contributed by atoms with E-state index in [0.717, 1.165) is 53.7 Å². The first-order chi connectivity index (χ1) is 13.9. The van der Waals surface area contributed by atoms with E-state index in [-0.39, 0.29) is 18.2 Å². The van der Waals surface area contributed by atoms with Gasteiger partial charge in [0.1, 0.15) is 11.6 Å². The second-order valence-corrected chi connectivity index (χ2v) is 8.10. The van der Waals surface area contributed by atoms with Gasteiger partial charge in [-0.15, -0.1) is 0 Å². The molecule has 0 spiro atoms. The minimum absolute atomic E-state index is 0.0832. The minimum Gasteiger partial charge on any atom is -0.372 e. The zero-order chi connectivity index (χ0) is 20.5. The number of nitrogens with zero attached hydrogens (tertiary/aromatic N) is 4. The third-order valence-corrected chi connectivity index (χ3v) is 5.54. The van der Waals surface area contributed by atoms with Crippen LogP contribution in [-0.4, -0.2) is 52.7 Å². The van der Waals surface area contributed by atoms with Gasteiger partial charge in [0.25, 0.3) is 0 Å². The molecule has 2 amide bonds. The number of benzene rings is 1. The molecule has 7 heteroatoms. The number of aromatic nitrogens is 2. The molecular weight excluding hydrogens is 366 g/mol. The molecule has 1 N–H and O–H groups in total. The molecule has 2 aromatic rings. The standard InChI is InChI=1S/C22H29N5O2/c1-14-7-5-6-8-19(14)25-22(28)26-10-9-20-18(13-26)21(24-17(4)23-20)27-11-15(2)29-16(3)12-27/h5-8,15-16H,9-13H2,1-4H3,(H,25,28)/t15-,16-/m1/s1. The van der Waals surface area contributed by atoms with Crippen LogP contribution in [0.15, 0.2) is 24.3 Å². The summed E-state index contributed by atoms with van der Waals surface area (Å²) >= 11 is 0. The number of rotatable bonds is 2. The highest BCUT2D eigenvalue weighted by Gasteiger charge is 2.30. The Kier molecular flexibility index (Phi) is 5.41. The van der Waals surface area contributed by atoms with E-state index in [2.05, 4.69) is 29.0 Å². The van der Waals surface area contributed by atoms with Crippen LogP contribution in [0, 0.1) is 13.8 Å². The molecule has 2 atom stereocenters. The number of carbonyl (C=O) groups is 1. The predicted octanol–water partition coefficient (Wildman–Crippen LogP) is 3.30. The lowest BCUT2D eigenvalue weighted by atomic mass is 10.0. The number of hydrogen-bond acceptors (Lipinski definition) is 5. The smallest absolute Gasteiger partial charge is 0.322 e. The third kappa shape index (κ3) is 4.19. The normalized spacial score (nSPS) is 21.7. The van der Waals surface area contributed by atoms with Gasteiger partial charge in [0.2, 0.25) is 0 Å². The van der Waals surface area contributed by atoms with Gasteiger partial charge in [-0.3, -0.25) is 0 Å². The highest BCUT2D eigenvalue weighted by Crippen LogP contribution is 2.29. The average molecular weight is 396 g/mol. The lowest BCUT2D eigenvalue weighted by Gasteiger charge is -2.38. The summed E-state index contributed by atoms with van der Waals surface area (Å²) in [6.45, 7) is 10.9. The highest BCUT2D eigenvalue weighted by molar-refractivity contribution is 5.90. The molecular formula is C22H29N5O2. The molecule has 0 saturated carbocycles. The van der Waals surface area contributed by atoms with E-state index in [0.29, 0.717) is 13.1 Å². The predicted molar refractivity (Wildman–Crippen MR) is 113 cm³/mol. The number of ether oxygens (including phenoxy) is 1. The maximum atomic E-state index is 12.9. The summed E-state index contributed by atoms with van der Waals surface area (Å²) in [5.74, 6) is 1.73. The van der Waals surface area contributed by atoms with Crippen molar-refractivity contribution in [3.63, 3.8) is 0 Å². The zero-order valence-corrected chi connectivity index (χ0v) is 17.6. The van der Waals surface area contributed by atoms with Crippen molar-refractivity contribution < 1.29 is 9.53 Å². The van der Waals surface area contributed by atoms with Crippen LogP contribution in [0.4, 0.5) is 16.3 Å². The maximum Gasteiger partial charge on any atom is 0.322 e. The van der Waals surface area contributed by atoms with E-state index in [9.17, 15) is 4.79 Å². The number of amides is 2. The Morgan fingerprint density at radius 1 is 1.14 bits per heavy atom. The number of anilines is 2. The summed E-state index contributed by atoms with van der Waals surface area (Å²) in [7, 11) is 0. The molecule has 0 unspecified atom stereocenters. The molecule has 1 fully saturated rings. The van der Waals surface area contributed by atoms with Crippen molar-refractivity contribution in [1.29, 1.82) is 0 Å². The molecule has 29 heavy (non-hydrogen) atoms. The van der Waals surface area contributed by atoms with Crippen molar-refractivity contribution in [1.82, 2.24) is 14.9 Å². The van der Waals surface area contributed by atoms with Gasteiger partial charge in [0.05, 0.1) is 24.4 Å². The van der Waals surface area contributed by atoms with Gasteiger partial charge in [-0.2, -0.15) is 0 Å². The fourth-order valence-corrected chi connectivity index (χ4v) is 4.21. The van der Waals surface area contributed by atoms with Crippen LogP contribution in [0.2, 0.25) is 0 Å². The van der Waals surface area contributed by atoms with E-state index in [1.165, 1.54) is 0 Å². The van der Waals surface area contributed by atoms with Gasteiger partial charge in [0, 0.05) is 37.3 Å². The largest absolute Gasteiger partial charge is 0.372 e. The summed E-state index contributed by atoms with van der Waals surface area (Å²) in [4.78, 5) is 26.5. The monoisotopic (exact) mass is 395 g/mol. The number of morpholine rings is 1. The third-order valence-electron chi connectivity index (χ3n) is 5.54. The lowest BCUT2D eigenvalue weighted by Crippen LogP contribution is -2.47. The lowest BCUT2D eigenvalue weighted by molar-refractivity contribution is -0.00557. The summed E-state index contributed by atoms with van der Waals surface area (Å²) < 4.78 is 5.89. The van der Waals surface area contributed by atoms with Crippen LogP contribution in [-0.2, 0) is 17.7 Å². The molecule has 0 aliphatic carbocycles. The first-order valence-electron chi connectivity index (χ1n) is 10.3. The average Bonchev–Trinajstić information content (AvgIpc) is 2.68. The van der Waals surface area contributed by atoms with Crippen LogP contribution in [0.5, 0.6) is 0 Å². The highest BCUT2D eigenvalue weighted by atomic mass is 16.5. The molecule has 0 bridgehead atoms. The van der Waals surface area contributed by atoms with E-state index in [1.807, 2.05) is 43.0 Å². The first-order valence-corrected chi connectivity index (χ1v) is 10.3. The van der Waals surface area contributed by atoms with E-state index in [4.69, 9.17) is 9.72 Å². The van der Waals surface area contributed by atoms with Gasteiger partial charge in [-0.25, -0.2) is 14.8 Å². The summed E-state index contributed by atoms with van der Waals surface area (Å²) in [5.41, 5.74) is 4.01. The van der Waals surface area contributed by atoms with Crippen molar-refractivity contribution >= 4 is 17.5 Å². The number of urea groups is 1. The molecule has 1 aromatic carbocycles. The molecule has 2 aliphatic heterocycles. The Bertz CT molecular complexity index is 906. The summed E-state index contributed by atoms with van der Waals surface area (Å²) in [6, 6.07) is 7.75. The first kappa shape index (κ1) is 19.6. The SMILES string of the molecule is Cc1nc2c(c(N3C[C@@H](C)O[C@H](C)C3)n1)CN(C(=O)Nc1ccccc1C)CC2. The molecule has 2 aliphatic rings. The van der Waals surface area contributed by atoms with Crippen LogP contribution < -0.4 is 10.2 Å². The minimum atomic E-state index is -0.0832. The second kappa shape index (κ2) is 7.99. The van der Waals surface area contributed by atoms with Gasteiger partial charge in [0.15, 0.2) is 0 Å². The number of para-hydroxylation sites is 1. The Hall–Kier alpha value is -2.67. The molecule has 4 rings (SSSR count). The number of aryl methyl sites for hydroxylation is 2. The maximum absolute atomic E-state index is 12.9. The van der Waals surface area contributed by atoms with Crippen molar-refractivity contribution in [3.8, 4) is 0 Å². The van der Waals surface area contributed by atoms with Crippen molar-refractivity contribution in [3.05, 3.63) is 46.9 Å². The van der Waals surface area contributed by atoms with Crippen molar-refractivity contribution in [2.45, 2.75) is 52.9 Å². The van der Waals surface area contributed by atoms with E-state index < -0.39 is 0 Å². The molecule has 0 radical (unpaired) electrons. The Morgan fingerprint density at radius 3 is 2.59 bits per heavy atom. The number of hydrogen-bond donors (Lipinski definition) is 1. The Labute approximate surface area is 172 Å². The van der Waals surface area contributed by atoms with Crippen LogP contribution >= 0.6 is 0 Å². The molecule has 1 saturated heterocycles. The van der Waals surface area contributed by atoms with Crippen LogP contribution in [0.1, 0.15) is 36.5 Å². The summed E-state index contributed by atoms with van der Waals surface area (Å²) in [5, 5.41) is 3.05. The Morgan fingerprint density at radius 2 is 1.86 bits per heavy atom. The van der Waals surface area contributed by atoms with Crippen molar-refractivity contribution in [2.24, 2.45) is 0 Å². The van der Waals surface area contributed by atoms with Crippen molar-refractivity contribution in [2.75, 3.05) is 29.9 Å². The fourth-order valence-electron chi connectivity index (χ4n) is 4.21. The zero-order valence-electron chi connectivity index (χ0n) is 17.6. The number of carbonyl (C=O) groups excluding carboxylic acids is 1. The van der Waals surface area contributed by atoms with Crippen LogP contribution in [0.3, 0.4) is 0 Å². The molecule has 1 aromatic heterocycles. The second-order valence-electron chi connectivity index (χ2n) is 8.10. The number of fused-ring (bicyclic) bond motifs is 1. The van der Waals surface area contributed by atoms with Gasteiger partial charge in [-0.05, 0) is 39.3 Å². The Balaban J connectivity index is 1.58. The fraction of sp³-hybridized carbons (Fsp3) is 0.500. The van der Waals surface area contributed by atoms with E-state index >= 15 is 0 Å². The molecule has 154 valence electrons. The molecule has 3 heterocycles. The number of nitrogens with one attached hydrogen (secondary N) is 1. The van der Waals surface area contributed by atoms with Gasteiger partial charge in [-0.1, -0.05) is 18.2 Å². The quantitative estimate of drug-likeness (QED) is 0.845. The topological polar surface area (TPSA) is 70.6 Å². The van der Waals surface area contributed by atoms with E-state index in [1.54, 1.807) is 0 Å². The van der Waals surface area contributed by atoms with Crippen LogP contribution in [0.25, 0.3) is 0 Å².